The highest BCUT2D eigenvalue weighted by atomic mass is 35.5. The molecule has 2 atom stereocenters. The number of carbonyl (C=O) groups is 1. The predicted octanol–water partition coefficient (Wildman–Crippen LogP) is 5.65. The fourth-order valence-corrected chi connectivity index (χ4v) is 3.74. The van der Waals surface area contributed by atoms with Crippen LogP contribution in [-0.2, 0) is 17.4 Å². The number of pyridine rings is 1. The number of carbonyl (C=O) groups excluding carboxylic acids is 1. The summed E-state index contributed by atoms with van der Waals surface area (Å²) in [7, 11) is 2.86. The van der Waals surface area contributed by atoms with Gasteiger partial charge in [0.2, 0.25) is 5.91 Å². The summed E-state index contributed by atoms with van der Waals surface area (Å²) in [6.45, 7) is 0. The van der Waals surface area contributed by atoms with Gasteiger partial charge in [-0.1, -0.05) is 35.9 Å². The number of alkyl halides is 3. The summed E-state index contributed by atoms with van der Waals surface area (Å²) in [6.07, 6.45) is -2.61. The van der Waals surface area contributed by atoms with Crippen molar-refractivity contribution in [2.45, 2.75) is 31.1 Å². The molecule has 1 amide bonds. The average Bonchev–Trinajstić information content (AvgIpc) is 2.84. The maximum Gasteiger partial charge on any atom is 0.433 e. The van der Waals surface area contributed by atoms with Gasteiger partial charge in [0.15, 0.2) is 11.6 Å². The summed E-state index contributed by atoms with van der Waals surface area (Å²) in [4.78, 5) is 16.2. The first kappa shape index (κ1) is 26.4. The van der Waals surface area contributed by atoms with Crippen LogP contribution in [0.4, 0.5) is 17.6 Å². The normalized spacial score (nSPS) is 13.2. The first-order chi connectivity index (χ1) is 16.6. The van der Waals surface area contributed by atoms with Crippen molar-refractivity contribution >= 4 is 17.5 Å². The zero-order chi connectivity index (χ0) is 25.6. The maximum atomic E-state index is 14.0. The molecule has 0 spiro atoms. The average molecular weight is 510 g/mol. The van der Waals surface area contributed by atoms with Crippen LogP contribution in [0, 0.1) is 5.82 Å². The molecule has 3 rings (SSSR count). The van der Waals surface area contributed by atoms with E-state index >= 15 is 0 Å². The van der Waals surface area contributed by atoms with Gasteiger partial charge in [-0.3, -0.25) is 15.1 Å². The summed E-state index contributed by atoms with van der Waals surface area (Å²) in [5.41, 5.74) is 0.915. The van der Waals surface area contributed by atoms with Crippen molar-refractivity contribution in [3.05, 3.63) is 94.0 Å². The van der Waals surface area contributed by atoms with Crippen LogP contribution in [0.5, 0.6) is 5.75 Å². The first-order valence-corrected chi connectivity index (χ1v) is 11.1. The van der Waals surface area contributed by atoms with Crippen molar-refractivity contribution in [1.29, 1.82) is 0 Å². The van der Waals surface area contributed by atoms with E-state index in [-0.39, 0.29) is 11.7 Å². The largest absolute Gasteiger partial charge is 0.494 e. The number of nitrogens with one attached hydrogen (secondary N) is 2. The van der Waals surface area contributed by atoms with Crippen molar-refractivity contribution in [3.63, 3.8) is 0 Å². The van der Waals surface area contributed by atoms with E-state index in [0.29, 0.717) is 34.6 Å². The molecule has 3 aromatic rings. The Labute approximate surface area is 205 Å². The minimum Gasteiger partial charge on any atom is -0.494 e. The highest BCUT2D eigenvalue weighted by molar-refractivity contribution is 6.30. The first-order valence-electron chi connectivity index (χ1n) is 10.7. The molecule has 2 N–H and O–H groups in total. The Balaban J connectivity index is 1.91. The van der Waals surface area contributed by atoms with E-state index in [4.69, 9.17) is 16.3 Å². The second-order valence-corrected chi connectivity index (χ2v) is 8.24. The van der Waals surface area contributed by atoms with Crippen LogP contribution < -0.4 is 15.4 Å². The minimum absolute atomic E-state index is 0.0356. The number of rotatable bonds is 9. The van der Waals surface area contributed by atoms with Gasteiger partial charge in [-0.25, -0.2) is 4.39 Å². The summed E-state index contributed by atoms with van der Waals surface area (Å²) in [5, 5.41) is 6.44. The molecule has 186 valence electrons. The number of aromatic nitrogens is 1. The molecular weight excluding hydrogens is 486 g/mol. The fourth-order valence-electron chi connectivity index (χ4n) is 3.61. The van der Waals surface area contributed by atoms with Gasteiger partial charge in [0.25, 0.3) is 0 Å². The lowest BCUT2D eigenvalue weighted by Crippen LogP contribution is -2.38. The van der Waals surface area contributed by atoms with E-state index in [1.807, 2.05) is 0 Å². The summed E-state index contributed by atoms with van der Waals surface area (Å²) in [5.74, 6) is -0.807. The molecule has 1 aromatic heterocycles. The van der Waals surface area contributed by atoms with Gasteiger partial charge in [0, 0.05) is 24.3 Å². The number of hydrogen-bond acceptors (Lipinski definition) is 4. The summed E-state index contributed by atoms with van der Waals surface area (Å²) < 4.78 is 57.7. The Morgan fingerprint density at radius 3 is 2.34 bits per heavy atom. The number of halogens is 5. The molecular formula is C25H24ClF4N3O2. The molecule has 0 unspecified atom stereocenters. The lowest BCUT2D eigenvalue weighted by atomic mass is 9.96. The van der Waals surface area contributed by atoms with Gasteiger partial charge in [-0.2, -0.15) is 13.2 Å². The van der Waals surface area contributed by atoms with Crippen molar-refractivity contribution in [1.82, 2.24) is 15.6 Å². The van der Waals surface area contributed by atoms with Crippen molar-refractivity contribution in [2.75, 3.05) is 14.2 Å². The number of aryl methyl sites for hydroxylation is 1. The van der Waals surface area contributed by atoms with Crippen molar-refractivity contribution in [2.24, 2.45) is 0 Å². The molecule has 1 heterocycles. The van der Waals surface area contributed by atoms with Crippen molar-refractivity contribution < 1.29 is 27.1 Å². The van der Waals surface area contributed by atoms with Crippen LogP contribution in [0.25, 0.3) is 0 Å². The highest BCUT2D eigenvalue weighted by Crippen LogP contribution is 2.30. The second-order valence-electron chi connectivity index (χ2n) is 7.80. The monoisotopic (exact) mass is 509 g/mol. The number of benzene rings is 2. The van der Waals surface area contributed by atoms with Crippen LogP contribution in [0.3, 0.4) is 0 Å². The van der Waals surface area contributed by atoms with Gasteiger partial charge < -0.3 is 10.1 Å². The zero-order valence-corrected chi connectivity index (χ0v) is 19.8. The van der Waals surface area contributed by atoms with E-state index in [2.05, 4.69) is 15.6 Å². The van der Waals surface area contributed by atoms with E-state index < -0.39 is 29.8 Å². The smallest absolute Gasteiger partial charge is 0.433 e. The number of nitrogens with zero attached hydrogens (tertiary/aromatic N) is 1. The number of ether oxygens (including phenoxy) is 1. The SMILES string of the molecule is CNC(=O)[C@@H](N[C@@H](CCc1ccc(C(F)(F)F)nc1)c1ccc(F)c(OC)c1)c1ccc(Cl)cc1. The molecule has 5 nitrogen and oxygen atoms in total. The molecule has 35 heavy (non-hydrogen) atoms. The molecule has 10 heteroatoms. The molecule has 0 bridgehead atoms. The van der Waals surface area contributed by atoms with Gasteiger partial charge in [0.1, 0.15) is 11.7 Å². The molecule has 0 saturated carbocycles. The number of methoxy groups -OCH3 is 1. The molecule has 0 fully saturated rings. The lowest BCUT2D eigenvalue weighted by Gasteiger charge is -2.26. The third-order valence-electron chi connectivity index (χ3n) is 5.49. The van der Waals surface area contributed by atoms with Crippen molar-refractivity contribution in [3.8, 4) is 5.75 Å². The third kappa shape index (κ3) is 6.93. The predicted molar refractivity (Wildman–Crippen MR) is 125 cm³/mol. The third-order valence-corrected chi connectivity index (χ3v) is 5.75. The minimum atomic E-state index is -4.52. The second kappa shape index (κ2) is 11.5. The van der Waals surface area contributed by atoms with E-state index in [1.54, 1.807) is 30.3 Å². The quantitative estimate of drug-likeness (QED) is 0.366. The Morgan fingerprint density at radius 1 is 1.09 bits per heavy atom. The standard InChI is InChI=1S/C25H24ClF4N3O2/c1-31-24(34)23(16-5-8-18(26)9-6-16)33-20(17-7-10-19(27)21(13-17)35-2)11-3-15-4-12-22(32-14-15)25(28,29)30/h4-10,12-14,20,23,33H,3,11H2,1-2H3,(H,31,34)/t20-,23-/m0/s1. The Morgan fingerprint density at radius 2 is 1.77 bits per heavy atom. The number of hydrogen-bond donors (Lipinski definition) is 2. The Bertz CT molecular complexity index is 1140. The zero-order valence-electron chi connectivity index (χ0n) is 19.0. The van der Waals surface area contributed by atoms with Gasteiger partial charge in [0.05, 0.1) is 7.11 Å². The Kier molecular flexibility index (Phi) is 8.69. The van der Waals surface area contributed by atoms with Crippen LogP contribution in [0.2, 0.25) is 5.02 Å². The number of amides is 1. The van der Waals surface area contributed by atoms with Crippen LogP contribution in [0.15, 0.2) is 60.8 Å². The highest BCUT2D eigenvalue weighted by Gasteiger charge is 2.32. The van der Waals surface area contributed by atoms with Gasteiger partial charge in [-0.05, 0) is 59.9 Å². The van der Waals surface area contributed by atoms with E-state index in [1.165, 1.54) is 38.6 Å². The molecule has 0 aliphatic rings. The van der Waals surface area contributed by atoms with Gasteiger partial charge in [-0.15, -0.1) is 0 Å². The molecule has 2 aromatic carbocycles. The topological polar surface area (TPSA) is 63.2 Å². The van der Waals surface area contributed by atoms with E-state index in [0.717, 1.165) is 6.07 Å². The number of likely N-dealkylation sites (N-methyl/N-ethyl adjacent to an activating group) is 1. The molecule has 0 aliphatic heterocycles. The van der Waals surface area contributed by atoms with Crippen LogP contribution >= 0.6 is 11.6 Å². The van der Waals surface area contributed by atoms with E-state index in [9.17, 15) is 22.4 Å². The van der Waals surface area contributed by atoms with Crippen LogP contribution in [0.1, 0.15) is 40.9 Å². The molecule has 0 aliphatic carbocycles. The van der Waals surface area contributed by atoms with Crippen LogP contribution in [-0.4, -0.2) is 25.0 Å². The summed E-state index contributed by atoms with van der Waals surface area (Å²) in [6, 6.07) is 12.2. The molecule has 0 saturated heterocycles. The Hall–Kier alpha value is -3.17. The summed E-state index contributed by atoms with van der Waals surface area (Å²) >= 11 is 5.99. The molecule has 0 radical (unpaired) electrons. The lowest BCUT2D eigenvalue weighted by molar-refractivity contribution is -0.141. The fraction of sp³-hybridized carbons (Fsp3) is 0.280. The maximum absolute atomic E-state index is 14.0. The van der Waals surface area contributed by atoms with Gasteiger partial charge >= 0.3 is 6.18 Å².